The number of sulfonamides is 1. The molecule has 1 saturated heterocycles. The van der Waals surface area contributed by atoms with Gasteiger partial charge in [-0.1, -0.05) is 30.2 Å². The molecule has 1 fully saturated rings. The molecule has 1 unspecified atom stereocenters. The van der Waals surface area contributed by atoms with Crippen molar-refractivity contribution in [3.8, 4) is 0 Å². The molecule has 0 amide bonds. The topological polar surface area (TPSA) is 63.4 Å². The fourth-order valence-electron chi connectivity index (χ4n) is 2.31. The van der Waals surface area contributed by atoms with E-state index in [2.05, 4.69) is 0 Å². The fourth-order valence-corrected chi connectivity index (χ4v) is 4.51. The van der Waals surface area contributed by atoms with E-state index in [0.717, 1.165) is 19.3 Å². The summed E-state index contributed by atoms with van der Waals surface area (Å²) in [4.78, 5) is 0.173. The lowest BCUT2D eigenvalue weighted by atomic mass is 10.1. The van der Waals surface area contributed by atoms with Crippen molar-refractivity contribution in [1.29, 1.82) is 0 Å². The third kappa shape index (κ3) is 2.54. The Morgan fingerprint density at radius 3 is 2.72 bits per heavy atom. The maximum atomic E-state index is 12.6. The highest BCUT2D eigenvalue weighted by atomic mass is 35.5. The summed E-state index contributed by atoms with van der Waals surface area (Å²) in [7, 11) is -3.53. The molecule has 0 radical (unpaired) electrons. The number of piperidine rings is 1. The van der Waals surface area contributed by atoms with Crippen LogP contribution in [0.2, 0.25) is 5.02 Å². The van der Waals surface area contributed by atoms with Crippen LogP contribution in [0.5, 0.6) is 0 Å². The lowest BCUT2D eigenvalue weighted by Crippen LogP contribution is -2.47. The van der Waals surface area contributed by atoms with Crippen molar-refractivity contribution in [3.63, 3.8) is 0 Å². The Hall–Kier alpha value is -0.620. The number of benzene rings is 1. The summed E-state index contributed by atoms with van der Waals surface area (Å²) in [6, 6.07) is 6.42. The maximum absolute atomic E-state index is 12.6. The summed E-state index contributed by atoms with van der Waals surface area (Å²) in [6.07, 6.45) is 2.72. The fraction of sp³-hybridized carbons (Fsp3) is 0.500. The first-order valence-corrected chi connectivity index (χ1v) is 7.85. The molecule has 1 aromatic carbocycles. The summed E-state index contributed by atoms with van der Waals surface area (Å²) in [6.45, 7) is 0.874. The van der Waals surface area contributed by atoms with Gasteiger partial charge in [0, 0.05) is 19.1 Å². The molecule has 1 aliphatic rings. The molecule has 0 saturated carbocycles. The van der Waals surface area contributed by atoms with Crippen molar-refractivity contribution in [2.24, 2.45) is 5.73 Å². The van der Waals surface area contributed by atoms with Gasteiger partial charge in [-0.15, -0.1) is 0 Å². The number of rotatable bonds is 3. The largest absolute Gasteiger partial charge is 0.329 e. The Balaban J connectivity index is 2.39. The number of nitrogens with zero attached hydrogens (tertiary/aromatic N) is 1. The predicted molar refractivity (Wildman–Crippen MR) is 72.0 cm³/mol. The molecule has 1 aromatic rings. The van der Waals surface area contributed by atoms with Crippen LogP contribution in [0.25, 0.3) is 0 Å². The molecule has 1 atom stereocenters. The van der Waals surface area contributed by atoms with E-state index in [0.29, 0.717) is 13.1 Å². The normalized spacial score (nSPS) is 22.0. The lowest BCUT2D eigenvalue weighted by Gasteiger charge is -2.34. The summed E-state index contributed by atoms with van der Waals surface area (Å²) in [5, 5.41) is 0.263. The van der Waals surface area contributed by atoms with Gasteiger partial charge in [0.15, 0.2) is 0 Å². The van der Waals surface area contributed by atoms with Crippen LogP contribution in [0.3, 0.4) is 0 Å². The average Bonchev–Trinajstić information content (AvgIpc) is 2.39. The summed E-state index contributed by atoms with van der Waals surface area (Å²) < 4.78 is 26.6. The Morgan fingerprint density at radius 1 is 1.33 bits per heavy atom. The van der Waals surface area contributed by atoms with Gasteiger partial charge in [-0.3, -0.25) is 0 Å². The van der Waals surface area contributed by atoms with Crippen molar-refractivity contribution < 1.29 is 8.42 Å². The van der Waals surface area contributed by atoms with E-state index in [9.17, 15) is 8.42 Å². The quantitative estimate of drug-likeness (QED) is 0.923. The van der Waals surface area contributed by atoms with Crippen LogP contribution < -0.4 is 5.73 Å². The van der Waals surface area contributed by atoms with Crippen LogP contribution in [0.1, 0.15) is 19.3 Å². The SMILES string of the molecule is NCC1CCCCN1S(=O)(=O)c1ccccc1Cl. The zero-order valence-corrected chi connectivity index (χ0v) is 11.6. The number of hydrogen-bond donors (Lipinski definition) is 1. The van der Waals surface area contributed by atoms with Crippen LogP contribution in [-0.2, 0) is 10.0 Å². The molecule has 0 bridgehead atoms. The molecule has 2 rings (SSSR count). The smallest absolute Gasteiger partial charge is 0.244 e. The molecule has 4 nitrogen and oxygen atoms in total. The second-order valence-electron chi connectivity index (χ2n) is 4.43. The number of hydrogen-bond acceptors (Lipinski definition) is 3. The van der Waals surface area contributed by atoms with Crippen molar-refractivity contribution in [2.45, 2.75) is 30.2 Å². The van der Waals surface area contributed by atoms with Crippen LogP contribution in [0.4, 0.5) is 0 Å². The van der Waals surface area contributed by atoms with E-state index in [-0.39, 0.29) is 16.0 Å². The van der Waals surface area contributed by atoms with E-state index in [4.69, 9.17) is 17.3 Å². The van der Waals surface area contributed by atoms with Crippen LogP contribution in [-0.4, -0.2) is 31.9 Å². The second kappa shape index (κ2) is 5.57. The van der Waals surface area contributed by atoms with Gasteiger partial charge >= 0.3 is 0 Å². The van der Waals surface area contributed by atoms with E-state index in [1.165, 1.54) is 4.31 Å². The number of nitrogens with two attached hydrogens (primary N) is 1. The van der Waals surface area contributed by atoms with Gasteiger partial charge in [0.05, 0.1) is 5.02 Å². The van der Waals surface area contributed by atoms with Gasteiger partial charge in [-0.05, 0) is 25.0 Å². The highest BCUT2D eigenvalue weighted by Crippen LogP contribution is 2.28. The van der Waals surface area contributed by atoms with Crippen LogP contribution >= 0.6 is 11.6 Å². The zero-order chi connectivity index (χ0) is 13.2. The van der Waals surface area contributed by atoms with E-state index in [1.807, 2.05) is 0 Å². The number of halogens is 1. The first-order valence-electron chi connectivity index (χ1n) is 6.04. The zero-order valence-electron chi connectivity index (χ0n) is 10.0. The standard InChI is InChI=1S/C12H17ClN2O2S/c13-11-6-1-2-7-12(11)18(16,17)15-8-4-3-5-10(15)9-14/h1-2,6-7,10H,3-5,8-9,14H2. The minimum Gasteiger partial charge on any atom is -0.329 e. The van der Waals surface area contributed by atoms with Crippen molar-refractivity contribution in [1.82, 2.24) is 4.31 Å². The van der Waals surface area contributed by atoms with Gasteiger partial charge in [-0.2, -0.15) is 4.31 Å². The predicted octanol–water partition coefficient (Wildman–Crippen LogP) is 1.84. The van der Waals surface area contributed by atoms with E-state index >= 15 is 0 Å². The Bertz CT molecular complexity index is 519. The molecule has 0 spiro atoms. The maximum Gasteiger partial charge on any atom is 0.244 e. The van der Waals surface area contributed by atoms with Gasteiger partial charge in [0.25, 0.3) is 0 Å². The van der Waals surface area contributed by atoms with Crippen molar-refractivity contribution in [2.75, 3.05) is 13.1 Å². The molecule has 6 heteroatoms. The van der Waals surface area contributed by atoms with Gasteiger partial charge in [0.2, 0.25) is 10.0 Å². The third-order valence-electron chi connectivity index (χ3n) is 3.27. The van der Waals surface area contributed by atoms with Crippen molar-refractivity contribution in [3.05, 3.63) is 29.3 Å². The molecular formula is C12H17ClN2O2S. The Kier molecular flexibility index (Phi) is 4.27. The monoisotopic (exact) mass is 288 g/mol. The van der Waals surface area contributed by atoms with E-state index in [1.54, 1.807) is 24.3 Å². The van der Waals surface area contributed by atoms with E-state index < -0.39 is 10.0 Å². The van der Waals surface area contributed by atoms with Crippen molar-refractivity contribution >= 4 is 21.6 Å². The molecule has 1 heterocycles. The minimum absolute atomic E-state index is 0.111. The molecule has 2 N–H and O–H groups in total. The second-order valence-corrected chi connectivity index (χ2v) is 6.70. The minimum atomic E-state index is -3.53. The van der Waals surface area contributed by atoms with Gasteiger partial charge in [-0.25, -0.2) is 8.42 Å². The molecule has 1 aliphatic heterocycles. The molecular weight excluding hydrogens is 272 g/mol. The third-order valence-corrected chi connectivity index (χ3v) is 5.72. The van der Waals surface area contributed by atoms with Crippen LogP contribution in [0, 0.1) is 0 Å². The first kappa shape index (κ1) is 13.8. The highest BCUT2D eigenvalue weighted by molar-refractivity contribution is 7.89. The molecule has 18 heavy (non-hydrogen) atoms. The average molecular weight is 289 g/mol. The molecule has 0 aromatic heterocycles. The summed E-state index contributed by atoms with van der Waals surface area (Å²) >= 11 is 5.98. The Morgan fingerprint density at radius 2 is 2.06 bits per heavy atom. The highest BCUT2D eigenvalue weighted by Gasteiger charge is 2.33. The van der Waals surface area contributed by atoms with Crippen LogP contribution in [0.15, 0.2) is 29.2 Å². The summed E-state index contributed by atoms with van der Waals surface area (Å²) in [5.41, 5.74) is 5.67. The Labute approximate surface area is 113 Å². The lowest BCUT2D eigenvalue weighted by molar-refractivity contribution is 0.257. The molecule has 100 valence electrons. The van der Waals surface area contributed by atoms with Gasteiger partial charge in [0.1, 0.15) is 4.90 Å². The first-order chi connectivity index (χ1) is 8.57. The summed E-state index contributed by atoms with van der Waals surface area (Å²) in [5.74, 6) is 0. The van der Waals surface area contributed by atoms with Gasteiger partial charge < -0.3 is 5.73 Å². The molecule has 0 aliphatic carbocycles.